The van der Waals surface area contributed by atoms with Crippen molar-refractivity contribution in [3.8, 4) is 17.2 Å². The zero-order valence-corrected chi connectivity index (χ0v) is 10.1. The van der Waals surface area contributed by atoms with Gasteiger partial charge < -0.3 is 19.5 Å². The van der Waals surface area contributed by atoms with Gasteiger partial charge in [-0.2, -0.15) is 0 Å². The summed E-state index contributed by atoms with van der Waals surface area (Å²) in [7, 11) is 3.30. The molecule has 17 heavy (non-hydrogen) atoms. The molecule has 0 spiro atoms. The second kappa shape index (κ2) is 4.53. The van der Waals surface area contributed by atoms with E-state index in [0.717, 1.165) is 0 Å². The van der Waals surface area contributed by atoms with Gasteiger partial charge in [-0.25, -0.2) is 0 Å². The Hall–Kier alpha value is -1.91. The minimum Gasteiger partial charge on any atom is -0.493 e. The lowest BCUT2D eigenvalue weighted by atomic mass is 10.1. The van der Waals surface area contributed by atoms with Gasteiger partial charge in [-0.05, 0) is 6.92 Å². The number of hydrogen-bond acceptors (Lipinski definition) is 5. The quantitative estimate of drug-likeness (QED) is 0.811. The second-order valence-electron chi connectivity index (χ2n) is 3.66. The van der Waals surface area contributed by atoms with E-state index < -0.39 is 0 Å². The van der Waals surface area contributed by atoms with Crippen molar-refractivity contribution in [2.24, 2.45) is 0 Å². The zero-order valence-electron chi connectivity index (χ0n) is 10.1. The van der Waals surface area contributed by atoms with Crippen LogP contribution in [0.25, 0.3) is 0 Å². The van der Waals surface area contributed by atoms with Crippen molar-refractivity contribution in [1.82, 2.24) is 0 Å². The van der Waals surface area contributed by atoms with Crippen LogP contribution in [0.3, 0.4) is 0 Å². The standard InChI is InChI=1S/C12H15NO4/c1-7(14)10-8(13-2)6-9(15-3)11-12(10)17-5-4-16-11/h6,13H,4-5H2,1-3H3. The van der Waals surface area contributed by atoms with Gasteiger partial charge in [-0.3, -0.25) is 4.79 Å². The average Bonchev–Trinajstić information content (AvgIpc) is 2.36. The summed E-state index contributed by atoms with van der Waals surface area (Å²) in [6.07, 6.45) is 0. The fourth-order valence-electron chi connectivity index (χ4n) is 1.88. The number of ketones is 1. The summed E-state index contributed by atoms with van der Waals surface area (Å²) >= 11 is 0. The van der Waals surface area contributed by atoms with Crippen molar-refractivity contribution < 1.29 is 19.0 Å². The minimum absolute atomic E-state index is 0.0706. The van der Waals surface area contributed by atoms with E-state index in [-0.39, 0.29) is 5.78 Å². The maximum Gasteiger partial charge on any atom is 0.204 e. The van der Waals surface area contributed by atoms with Gasteiger partial charge in [-0.1, -0.05) is 0 Å². The molecular weight excluding hydrogens is 222 g/mol. The Morgan fingerprint density at radius 1 is 1.35 bits per heavy atom. The lowest BCUT2D eigenvalue weighted by molar-refractivity contribution is 0.100. The highest BCUT2D eigenvalue weighted by molar-refractivity contribution is 6.04. The van der Waals surface area contributed by atoms with Crippen LogP contribution in [-0.4, -0.2) is 33.2 Å². The van der Waals surface area contributed by atoms with Crippen LogP contribution in [0.5, 0.6) is 17.2 Å². The van der Waals surface area contributed by atoms with E-state index in [1.165, 1.54) is 6.92 Å². The fraction of sp³-hybridized carbons (Fsp3) is 0.417. The highest BCUT2D eigenvalue weighted by Gasteiger charge is 2.26. The first-order valence-electron chi connectivity index (χ1n) is 5.38. The molecule has 2 rings (SSSR count). The van der Waals surface area contributed by atoms with Gasteiger partial charge in [0, 0.05) is 13.1 Å². The van der Waals surface area contributed by atoms with Crippen LogP contribution in [-0.2, 0) is 0 Å². The van der Waals surface area contributed by atoms with Crippen molar-refractivity contribution in [2.45, 2.75) is 6.92 Å². The van der Waals surface area contributed by atoms with Crippen molar-refractivity contribution in [1.29, 1.82) is 0 Å². The first-order chi connectivity index (χ1) is 8.19. The third-order valence-electron chi connectivity index (χ3n) is 2.62. The van der Waals surface area contributed by atoms with Crippen molar-refractivity contribution in [3.63, 3.8) is 0 Å². The molecule has 92 valence electrons. The summed E-state index contributed by atoms with van der Waals surface area (Å²) in [5.41, 5.74) is 1.18. The summed E-state index contributed by atoms with van der Waals surface area (Å²) in [4.78, 5) is 11.7. The van der Waals surface area contributed by atoms with Crippen molar-refractivity contribution in [2.75, 3.05) is 32.7 Å². The number of benzene rings is 1. The van der Waals surface area contributed by atoms with E-state index in [2.05, 4.69) is 5.32 Å². The van der Waals surface area contributed by atoms with Gasteiger partial charge in [0.2, 0.25) is 5.75 Å². The molecule has 0 fully saturated rings. The molecule has 5 heteroatoms. The number of Topliss-reactive ketones (excluding diaryl/α,β-unsaturated/α-hetero) is 1. The molecule has 0 saturated carbocycles. The molecule has 1 aromatic carbocycles. The van der Waals surface area contributed by atoms with E-state index in [0.29, 0.717) is 41.7 Å². The first kappa shape index (κ1) is 11.6. The molecule has 1 aliphatic rings. The van der Waals surface area contributed by atoms with E-state index in [1.54, 1.807) is 20.2 Å². The van der Waals surface area contributed by atoms with Gasteiger partial charge in [0.1, 0.15) is 13.2 Å². The number of hydrogen-bond donors (Lipinski definition) is 1. The Balaban J connectivity index is 2.68. The highest BCUT2D eigenvalue weighted by atomic mass is 16.6. The largest absolute Gasteiger partial charge is 0.493 e. The molecular formula is C12H15NO4. The average molecular weight is 237 g/mol. The van der Waals surface area contributed by atoms with E-state index >= 15 is 0 Å². The number of ether oxygens (including phenoxy) is 3. The van der Waals surface area contributed by atoms with E-state index in [9.17, 15) is 4.79 Å². The van der Waals surface area contributed by atoms with Crippen LogP contribution in [0.4, 0.5) is 5.69 Å². The minimum atomic E-state index is -0.0706. The molecule has 1 aromatic rings. The Kier molecular flexibility index (Phi) is 3.08. The van der Waals surface area contributed by atoms with Gasteiger partial charge in [0.25, 0.3) is 0 Å². The number of carbonyl (C=O) groups excluding carboxylic acids is 1. The number of rotatable bonds is 3. The molecule has 0 amide bonds. The Morgan fingerprint density at radius 3 is 2.53 bits per heavy atom. The summed E-state index contributed by atoms with van der Waals surface area (Å²) in [5, 5.41) is 2.97. The summed E-state index contributed by atoms with van der Waals surface area (Å²) in [5.74, 6) is 1.46. The summed E-state index contributed by atoms with van der Waals surface area (Å²) in [6, 6.07) is 1.74. The monoisotopic (exact) mass is 237 g/mol. The summed E-state index contributed by atoms with van der Waals surface area (Å²) < 4.78 is 16.3. The number of carbonyl (C=O) groups is 1. The highest BCUT2D eigenvalue weighted by Crippen LogP contribution is 2.45. The predicted molar refractivity (Wildman–Crippen MR) is 63.5 cm³/mol. The van der Waals surface area contributed by atoms with Gasteiger partial charge in [-0.15, -0.1) is 0 Å². The predicted octanol–water partition coefficient (Wildman–Crippen LogP) is 1.71. The van der Waals surface area contributed by atoms with E-state index in [4.69, 9.17) is 14.2 Å². The van der Waals surface area contributed by atoms with Crippen LogP contribution in [0.1, 0.15) is 17.3 Å². The molecule has 5 nitrogen and oxygen atoms in total. The maximum atomic E-state index is 11.7. The van der Waals surface area contributed by atoms with Crippen LogP contribution in [0.15, 0.2) is 6.07 Å². The Morgan fingerprint density at radius 2 is 2.00 bits per heavy atom. The molecule has 1 aliphatic heterocycles. The zero-order chi connectivity index (χ0) is 12.4. The van der Waals surface area contributed by atoms with E-state index in [1.807, 2.05) is 0 Å². The number of nitrogens with one attached hydrogen (secondary N) is 1. The fourth-order valence-corrected chi connectivity index (χ4v) is 1.88. The number of fused-ring (bicyclic) bond motifs is 1. The maximum absolute atomic E-state index is 11.7. The topological polar surface area (TPSA) is 56.8 Å². The SMILES string of the molecule is CNc1cc(OC)c2c(c1C(C)=O)OCCO2. The second-order valence-corrected chi connectivity index (χ2v) is 3.66. The van der Waals surface area contributed by atoms with Gasteiger partial charge in [0.15, 0.2) is 17.3 Å². The number of methoxy groups -OCH3 is 1. The molecule has 0 aliphatic carbocycles. The number of anilines is 1. The van der Waals surface area contributed by atoms with Crippen LogP contribution in [0.2, 0.25) is 0 Å². The molecule has 0 unspecified atom stereocenters. The lowest BCUT2D eigenvalue weighted by Gasteiger charge is -2.24. The molecule has 1 N–H and O–H groups in total. The molecule has 0 radical (unpaired) electrons. The normalized spacial score (nSPS) is 13.1. The van der Waals surface area contributed by atoms with Crippen LogP contribution in [0, 0.1) is 0 Å². The van der Waals surface area contributed by atoms with Crippen molar-refractivity contribution in [3.05, 3.63) is 11.6 Å². The Bertz CT molecular complexity index is 456. The van der Waals surface area contributed by atoms with Crippen molar-refractivity contribution >= 4 is 11.5 Å². The smallest absolute Gasteiger partial charge is 0.204 e. The van der Waals surface area contributed by atoms with Crippen LogP contribution < -0.4 is 19.5 Å². The molecule has 1 heterocycles. The molecule has 0 bridgehead atoms. The molecule has 0 saturated heterocycles. The molecule has 0 aromatic heterocycles. The summed E-state index contributed by atoms with van der Waals surface area (Å²) in [6.45, 7) is 2.39. The first-order valence-corrected chi connectivity index (χ1v) is 5.38. The third-order valence-corrected chi connectivity index (χ3v) is 2.62. The van der Waals surface area contributed by atoms with Gasteiger partial charge >= 0.3 is 0 Å². The molecule has 0 atom stereocenters. The van der Waals surface area contributed by atoms with Crippen LogP contribution >= 0.6 is 0 Å². The third kappa shape index (κ3) is 1.88. The lowest BCUT2D eigenvalue weighted by Crippen LogP contribution is -2.19. The Labute approximate surface area is 99.7 Å². The van der Waals surface area contributed by atoms with Gasteiger partial charge in [0.05, 0.1) is 18.4 Å².